The number of amides is 1. The van der Waals surface area contributed by atoms with E-state index >= 15 is 0 Å². The van der Waals surface area contributed by atoms with Gasteiger partial charge in [-0.1, -0.05) is 0 Å². The standard InChI is InChI=1S/C12H18N4O3S/c1-8(7-20-4)15(3)12(17)9-5-11(13-2)14-6-10(9)16(18)19/h5-6,8H,7H2,1-4H3,(H,13,14). The zero-order valence-electron chi connectivity index (χ0n) is 11.9. The van der Waals surface area contributed by atoms with E-state index in [4.69, 9.17) is 0 Å². The van der Waals surface area contributed by atoms with Gasteiger partial charge in [-0.05, 0) is 13.2 Å². The first-order valence-electron chi connectivity index (χ1n) is 6.00. The van der Waals surface area contributed by atoms with Crippen molar-refractivity contribution in [2.45, 2.75) is 13.0 Å². The van der Waals surface area contributed by atoms with E-state index in [1.165, 1.54) is 11.0 Å². The molecule has 1 aromatic heterocycles. The van der Waals surface area contributed by atoms with Crippen molar-refractivity contribution < 1.29 is 9.72 Å². The highest BCUT2D eigenvalue weighted by Gasteiger charge is 2.26. The molecule has 1 heterocycles. The van der Waals surface area contributed by atoms with Crippen LogP contribution in [0.25, 0.3) is 0 Å². The first kappa shape index (κ1) is 16.2. The van der Waals surface area contributed by atoms with Crippen LogP contribution in [0.3, 0.4) is 0 Å². The molecular formula is C12H18N4O3S. The number of carbonyl (C=O) groups excluding carboxylic acids is 1. The fourth-order valence-electron chi connectivity index (χ4n) is 1.64. The third-order valence-electron chi connectivity index (χ3n) is 2.96. The van der Waals surface area contributed by atoms with Crippen LogP contribution in [0.15, 0.2) is 12.3 Å². The first-order valence-corrected chi connectivity index (χ1v) is 7.40. The molecule has 0 aliphatic carbocycles. The van der Waals surface area contributed by atoms with Gasteiger partial charge in [0, 0.05) is 32.0 Å². The fraction of sp³-hybridized carbons (Fsp3) is 0.500. The van der Waals surface area contributed by atoms with Gasteiger partial charge in [0.05, 0.1) is 4.92 Å². The Morgan fingerprint density at radius 1 is 1.65 bits per heavy atom. The fourth-order valence-corrected chi connectivity index (χ4v) is 2.35. The maximum Gasteiger partial charge on any atom is 0.300 e. The minimum absolute atomic E-state index is 0.0108. The minimum atomic E-state index is -0.591. The third-order valence-corrected chi connectivity index (χ3v) is 3.77. The lowest BCUT2D eigenvalue weighted by Gasteiger charge is -2.24. The molecule has 8 heteroatoms. The van der Waals surface area contributed by atoms with Crippen molar-refractivity contribution in [3.05, 3.63) is 27.9 Å². The second-order valence-electron chi connectivity index (χ2n) is 4.31. The van der Waals surface area contributed by atoms with Crippen molar-refractivity contribution in [2.75, 3.05) is 31.4 Å². The van der Waals surface area contributed by atoms with E-state index in [9.17, 15) is 14.9 Å². The van der Waals surface area contributed by atoms with E-state index in [0.29, 0.717) is 5.82 Å². The predicted molar refractivity (Wildman–Crippen MR) is 80.4 cm³/mol. The van der Waals surface area contributed by atoms with E-state index in [1.54, 1.807) is 25.9 Å². The van der Waals surface area contributed by atoms with Gasteiger partial charge in [0.15, 0.2) is 0 Å². The van der Waals surface area contributed by atoms with Crippen molar-refractivity contribution in [3.63, 3.8) is 0 Å². The van der Waals surface area contributed by atoms with Crippen molar-refractivity contribution >= 4 is 29.2 Å². The molecule has 1 amide bonds. The average molecular weight is 298 g/mol. The number of carbonyl (C=O) groups is 1. The first-order chi connectivity index (χ1) is 9.42. The summed E-state index contributed by atoms with van der Waals surface area (Å²) in [6.45, 7) is 1.90. The monoisotopic (exact) mass is 298 g/mol. The van der Waals surface area contributed by atoms with Gasteiger partial charge in [-0.2, -0.15) is 11.8 Å². The van der Waals surface area contributed by atoms with E-state index in [2.05, 4.69) is 10.3 Å². The van der Waals surface area contributed by atoms with Gasteiger partial charge < -0.3 is 10.2 Å². The second-order valence-corrected chi connectivity index (χ2v) is 5.22. The van der Waals surface area contributed by atoms with Crippen LogP contribution in [0.1, 0.15) is 17.3 Å². The number of nitrogens with zero attached hydrogens (tertiary/aromatic N) is 3. The van der Waals surface area contributed by atoms with Crippen LogP contribution >= 0.6 is 11.8 Å². The Kier molecular flexibility index (Phi) is 5.75. The molecule has 0 aliphatic rings. The van der Waals surface area contributed by atoms with Gasteiger partial charge >= 0.3 is 0 Å². The Balaban J connectivity index is 3.15. The van der Waals surface area contributed by atoms with Crippen LogP contribution in [0, 0.1) is 10.1 Å². The quantitative estimate of drug-likeness (QED) is 0.637. The van der Waals surface area contributed by atoms with Gasteiger partial charge in [-0.15, -0.1) is 0 Å². The lowest BCUT2D eigenvalue weighted by atomic mass is 10.1. The molecule has 1 atom stereocenters. The Labute approximate surface area is 121 Å². The van der Waals surface area contributed by atoms with Crippen LogP contribution in [0.4, 0.5) is 11.5 Å². The number of pyridine rings is 1. The van der Waals surface area contributed by atoms with Crippen molar-refractivity contribution in [3.8, 4) is 0 Å². The maximum absolute atomic E-state index is 12.4. The maximum atomic E-state index is 12.4. The summed E-state index contributed by atoms with van der Waals surface area (Å²) in [5, 5.41) is 13.8. The molecule has 0 spiro atoms. The van der Waals surface area contributed by atoms with Crippen LogP contribution in [-0.2, 0) is 0 Å². The Hall–Kier alpha value is -1.83. The zero-order chi connectivity index (χ0) is 15.3. The van der Waals surface area contributed by atoms with Crippen molar-refractivity contribution in [2.24, 2.45) is 0 Å². The lowest BCUT2D eigenvalue weighted by molar-refractivity contribution is -0.385. The highest BCUT2D eigenvalue weighted by Crippen LogP contribution is 2.22. The number of nitro groups is 1. The third kappa shape index (κ3) is 3.60. The minimum Gasteiger partial charge on any atom is -0.373 e. The topological polar surface area (TPSA) is 88.4 Å². The van der Waals surface area contributed by atoms with E-state index < -0.39 is 4.92 Å². The molecule has 110 valence electrons. The van der Waals surface area contributed by atoms with Gasteiger partial charge in [-0.25, -0.2) is 4.98 Å². The predicted octanol–water partition coefficient (Wildman–Crippen LogP) is 1.85. The number of aromatic nitrogens is 1. The largest absolute Gasteiger partial charge is 0.373 e. The highest BCUT2D eigenvalue weighted by molar-refractivity contribution is 7.98. The van der Waals surface area contributed by atoms with Crippen LogP contribution < -0.4 is 5.32 Å². The number of rotatable bonds is 6. The Morgan fingerprint density at radius 3 is 2.80 bits per heavy atom. The number of anilines is 1. The normalized spacial score (nSPS) is 11.8. The summed E-state index contributed by atoms with van der Waals surface area (Å²) in [7, 11) is 3.29. The van der Waals surface area contributed by atoms with Gasteiger partial charge in [0.2, 0.25) is 0 Å². The molecule has 0 saturated carbocycles. The molecule has 20 heavy (non-hydrogen) atoms. The second kappa shape index (κ2) is 7.09. The van der Waals surface area contributed by atoms with Gasteiger partial charge in [0.1, 0.15) is 17.6 Å². The van der Waals surface area contributed by atoms with Crippen molar-refractivity contribution in [1.82, 2.24) is 9.88 Å². The molecule has 0 bridgehead atoms. The van der Waals surface area contributed by atoms with E-state index in [-0.39, 0.29) is 23.2 Å². The molecule has 0 fully saturated rings. The number of hydrogen-bond donors (Lipinski definition) is 1. The summed E-state index contributed by atoms with van der Waals surface area (Å²) >= 11 is 1.62. The molecule has 1 N–H and O–H groups in total. The number of thioether (sulfide) groups is 1. The van der Waals surface area contributed by atoms with Crippen LogP contribution in [0.5, 0.6) is 0 Å². The van der Waals surface area contributed by atoms with Crippen LogP contribution in [-0.4, -0.2) is 52.9 Å². The molecule has 0 aliphatic heterocycles. The molecular weight excluding hydrogens is 280 g/mol. The molecule has 7 nitrogen and oxygen atoms in total. The highest BCUT2D eigenvalue weighted by atomic mass is 32.2. The van der Waals surface area contributed by atoms with Gasteiger partial charge in [0.25, 0.3) is 11.6 Å². The van der Waals surface area contributed by atoms with Crippen molar-refractivity contribution in [1.29, 1.82) is 0 Å². The molecule has 1 rings (SSSR count). The summed E-state index contributed by atoms with van der Waals surface area (Å²) in [6, 6.07) is 1.39. The molecule has 1 aromatic rings. The van der Waals surface area contributed by atoms with Gasteiger partial charge in [-0.3, -0.25) is 14.9 Å². The summed E-state index contributed by atoms with van der Waals surface area (Å²) in [6.07, 6.45) is 3.05. The average Bonchev–Trinajstić information content (AvgIpc) is 2.45. The van der Waals surface area contributed by atoms with E-state index in [1.807, 2.05) is 13.2 Å². The SMILES string of the molecule is CNc1cc(C(=O)N(C)C(C)CSC)c([N+](=O)[O-])cn1. The summed E-state index contributed by atoms with van der Waals surface area (Å²) in [5.41, 5.74) is -0.234. The number of hydrogen-bond acceptors (Lipinski definition) is 6. The molecule has 0 radical (unpaired) electrons. The lowest BCUT2D eigenvalue weighted by Crippen LogP contribution is -2.37. The molecule has 0 aromatic carbocycles. The molecule has 0 saturated heterocycles. The summed E-state index contributed by atoms with van der Waals surface area (Å²) in [4.78, 5) is 28.2. The zero-order valence-corrected chi connectivity index (χ0v) is 12.7. The Morgan fingerprint density at radius 2 is 2.30 bits per heavy atom. The smallest absolute Gasteiger partial charge is 0.300 e. The summed E-state index contributed by atoms with van der Waals surface area (Å²) in [5.74, 6) is 0.807. The number of nitrogens with one attached hydrogen (secondary N) is 1. The Bertz CT molecular complexity index is 509. The summed E-state index contributed by atoms with van der Waals surface area (Å²) < 4.78 is 0. The van der Waals surface area contributed by atoms with Crippen LogP contribution in [0.2, 0.25) is 0 Å². The van der Waals surface area contributed by atoms with E-state index in [0.717, 1.165) is 11.9 Å². The molecule has 1 unspecified atom stereocenters.